The number of piperazine rings is 1. The maximum atomic E-state index is 12.6. The Kier molecular flexibility index (Phi) is 6.25. The lowest BCUT2D eigenvalue weighted by Gasteiger charge is -2.34. The number of thioether (sulfide) groups is 1. The van der Waals surface area contributed by atoms with Crippen molar-refractivity contribution < 1.29 is 9.53 Å². The summed E-state index contributed by atoms with van der Waals surface area (Å²) < 4.78 is 6.65. The molecular formula is C22H25N3O2S2. The molecule has 1 aliphatic rings. The highest BCUT2D eigenvalue weighted by Crippen LogP contribution is 2.36. The molecule has 2 aromatic carbocycles. The quantitative estimate of drug-likeness (QED) is 0.590. The number of methoxy groups -OCH3 is 1. The highest BCUT2D eigenvalue weighted by atomic mass is 32.2. The number of aryl methyl sites for hydroxylation is 1. The van der Waals surface area contributed by atoms with Crippen LogP contribution >= 0.6 is 23.1 Å². The van der Waals surface area contributed by atoms with Gasteiger partial charge in [-0.05, 0) is 24.1 Å². The van der Waals surface area contributed by atoms with Gasteiger partial charge in [0.15, 0.2) is 5.13 Å². The van der Waals surface area contributed by atoms with Gasteiger partial charge in [-0.1, -0.05) is 47.7 Å². The number of ether oxygens (including phenoxy) is 1. The molecule has 1 aliphatic heterocycles. The molecule has 1 aromatic heterocycles. The zero-order valence-electron chi connectivity index (χ0n) is 16.8. The molecule has 0 saturated carbocycles. The van der Waals surface area contributed by atoms with E-state index >= 15 is 0 Å². The van der Waals surface area contributed by atoms with Gasteiger partial charge in [0.25, 0.3) is 0 Å². The van der Waals surface area contributed by atoms with Crippen molar-refractivity contribution in [2.24, 2.45) is 0 Å². The van der Waals surface area contributed by atoms with Crippen LogP contribution in [-0.2, 0) is 10.5 Å². The van der Waals surface area contributed by atoms with Crippen molar-refractivity contribution in [3.05, 3.63) is 53.6 Å². The normalized spacial score (nSPS) is 14.4. The van der Waals surface area contributed by atoms with Crippen LogP contribution < -0.4 is 9.64 Å². The summed E-state index contributed by atoms with van der Waals surface area (Å²) in [5, 5.41) is 1.01. The van der Waals surface area contributed by atoms with E-state index in [1.807, 2.05) is 29.2 Å². The third kappa shape index (κ3) is 4.51. The highest BCUT2D eigenvalue weighted by Gasteiger charge is 2.23. The lowest BCUT2D eigenvalue weighted by Crippen LogP contribution is -2.49. The molecular weight excluding hydrogens is 402 g/mol. The first-order valence-electron chi connectivity index (χ1n) is 9.74. The van der Waals surface area contributed by atoms with Gasteiger partial charge in [0.05, 0.1) is 17.6 Å². The van der Waals surface area contributed by atoms with Crippen LogP contribution in [0.25, 0.3) is 10.2 Å². The zero-order valence-corrected chi connectivity index (χ0v) is 18.4. The summed E-state index contributed by atoms with van der Waals surface area (Å²) in [5.41, 5.74) is 3.41. The minimum atomic E-state index is 0.229. The van der Waals surface area contributed by atoms with Crippen LogP contribution in [0.1, 0.15) is 11.1 Å². The highest BCUT2D eigenvalue weighted by molar-refractivity contribution is 7.99. The fraction of sp³-hybridized carbons (Fsp3) is 0.364. The Labute approximate surface area is 179 Å². The molecule has 0 spiro atoms. The molecule has 152 valence electrons. The molecule has 0 aliphatic carbocycles. The third-order valence-corrected chi connectivity index (χ3v) is 7.39. The number of anilines is 1. The number of nitrogens with zero attached hydrogens (tertiary/aromatic N) is 3. The molecule has 4 rings (SSSR count). The standard InChI is InChI=1S/C22H25N3O2S2/c1-16-8-9-18(27-2)20-21(16)29-22(23-20)25-12-10-24(11-13-25)19(26)15-28-14-17-6-4-3-5-7-17/h3-9H,10-15H2,1-2H3. The molecule has 0 bridgehead atoms. The van der Waals surface area contributed by atoms with E-state index in [9.17, 15) is 4.79 Å². The summed E-state index contributed by atoms with van der Waals surface area (Å²) in [6, 6.07) is 14.3. The molecule has 7 heteroatoms. The minimum absolute atomic E-state index is 0.229. The fourth-order valence-corrected chi connectivity index (χ4v) is 5.46. The Balaban J connectivity index is 1.33. The lowest BCUT2D eigenvalue weighted by atomic mass is 10.2. The van der Waals surface area contributed by atoms with Crippen molar-refractivity contribution >= 4 is 44.4 Å². The molecule has 0 atom stereocenters. The molecule has 1 amide bonds. The average Bonchev–Trinajstić information content (AvgIpc) is 3.21. The smallest absolute Gasteiger partial charge is 0.232 e. The van der Waals surface area contributed by atoms with Crippen LogP contribution in [0, 0.1) is 6.92 Å². The van der Waals surface area contributed by atoms with E-state index in [-0.39, 0.29) is 5.91 Å². The van der Waals surface area contributed by atoms with Crippen molar-refractivity contribution in [2.45, 2.75) is 12.7 Å². The van der Waals surface area contributed by atoms with E-state index in [1.165, 1.54) is 15.8 Å². The second-order valence-electron chi connectivity index (χ2n) is 7.11. The molecule has 5 nitrogen and oxygen atoms in total. The Morgan fingerprint density at radius 3 is 2.62 bits per heavy atom. The van der Waals surface area contributed by atoms with Crippen molar-refractivity contribution in [2.75, 3.05) is 43.9 Å². The first kappa shape index (κ1) is 20.0. The number of hydrogen-bond donors (Lipinski definition) is 0. The van der Waals surface area contributed by atoms with Gasteiger partial charge in [-0.15, -0.1) is 11.8 Å². The minimum Gasteiger partial charge on any atom is -0.494 e. The van der Waals surface area contributed by atoms with E-state index < -0.39 is 0 Å². The van der Waals surface area contributed by atoms with Gasteiger partial charge in [0, 0.05) is 31.9 Å². The van der Waals surface area contributed by atoms with E-state index in [2.05, 4.69) is 30.0 Å². The fourth-order valence-electron chi connectivity index (χ4n) is 3.47. The van der Waals surface area contributed by atoms with E-state index in [0.717, 1.165) is 48.3 Å². The number of thiazole rings is 1. The number of amides is 1. The van der Waals surface area contributed by atoms with Crippen molar-refractivity contribution in [3.8, 4) is 5.75 Å². The maximum absolute atomic E-state index is 12.6. The van der Waals surface area contributed by atoms with Crippen molar-refractivity contribution in [1.82, 2.24) is 9.88 Å². The van der Waals surface area contributed by atoms with E-state index in [4.69, 9.17) is 9.72 Å². The molecule has 29 heavy (non-hydrogen) atoms. The number of carbonyl (C=O) groups is 1. The van der Waals surface area contributed by atoms with Gasteiger partial charge < -0.3 is 14.5 Å². The summed E-state index contributed by atoms with van der Waals surface area (Å²) in [6.45, 7) is 5.23. The number of rotatable bonds is 6. The average molecular weight is 428 g/mol. The molecule has 0 N–H and O–H groups in total. The van der Waals surface area contributed by atoms with Crippen LogP contribution in [0.15, 0.2) is 42.5 Å². The number of hydrogen-bond acceptors (Lipinski definition) is 6. The first-order chi connectivity index (χ1) is 14.2. The third-order valence-electron chi connectivity index (χ3n) is 5.15. The second-order valence-corrected chi connectivity index (χ2v) is 9.07. The van der Waals surface area contributed by atoms with E-state index in [1.54, 1.807) is 30.2 Å². The number of carbonyl (C=O) groups excluding carboxylic acids is 1. The summed E-state index contributed by atoms with van der Waals surface area (Å²) in [4.78, 5) is 21.7. The van der Waals surface area contributed by atoms with Gasteiger partial charge in [-0.2, -0.15) is 0 Å². The van der Waals surface area contributed by atoms with Gasteiger partial charge in [-0.3, -0.25) is 4.79 Å². The SMILES string of the molecule is COc1ccc(C)c2sc(N3CCN(C(=O)CSCc4ccccc4)CC3)nc12. The largest absolute Gasteiger partial charge is 0.494 e. The molecule has 1 fully saturated rings. The Hall–Kier alpha value is -2.25. The number of fused-ring (bicyclic) bond motifs is 1. The summed E-state index contributed by atoms with van der Waals surface area (Å²) in [7, 11) is 1.68. The number of benzene rings is 2. The van der Waals surface area contributed by atoms with Crippen LogP contribution in [-0.4, -0.2) is 54.8 Å². The number of aromatic nitrogens is 1. The zero-order chi connectivity index (χ0) is 20.2. The summed E-state index contributed by atoms with van der Waals surface area (Å²) in [6.07, 6.45) is 0. The summed E-state index contributed by atoms with van der Waals surface area (Å²) >= 11 is 3.39. The van der Waals surface area contributed by atoms with Crippen LogP contribution in [0.2, 0.25) is 0 Å². The molecule has 1 saturated heterocycles. The van der Waals surface area contributed by atoms with Gasteiger partial charge in [0.1, 0.15) is 11.3 Å². The Bertz CT molecular complexity index is 982. The van der Waals surface area contributed by atoms with Crippen molar-refractivity contribution in [3.63, 3.8) is 0 Å². The Morgan fingerprint density at radius 1 is 1.14 bits per heavy atom. The van der Waals surface area contributed by atoms with Gasteiger partial charge >= 0.3 is 0 Å². The first-order valence-corrected chi connectivity index (χ1v) is 11.7. The van der Waals surface area contributed by atoms with Crippen LogP contribution in [0.3, 0.4) is 0 Å². The monoisotopic (exact) mass is 427 g/mol. The van der Waals surface area contributed by atoms with Crippen LogP contribution in [0.5, 0.6) is 5.75 Å². The van der Waals surface area contributed by atoms with Gasteiger partial charge in [-0.25, -0.2) is 4.98 Å². The maximum Gasteiger partial charge on any atom is 0.232 e. The topological polar surface area (TPSA) is 45.7 Å². The molecule has 0 unspecified atom stereocenters. The lowest BCUT2D eigenvalue weighted by molar-refractivity contribution is -0.128. The predicted molar refractivity (Wildman–Crippen MR) is 122 cm³/mol. The Morgan fingerprint density at radius 2 is 1.90 bits per heavy atom. The predicted octanol–water partition coefficient (Wildman–Crippen LogP) is 4.20. The van der Waals surface area contributed by atoms with Crippen molar-refractivity contribution in [1.29, 1.82) is 0 Å². The molecule has 0 radical (unpaired) electrons. The summed E-state index contributed by atoms with van der Waals surface area (Å²) in [5.74, 6) is 2.45. The van der Waals surface area contributed by atoms with Crippen LogP contribution in [0.4, 0.5) is 5.13 Å². The van der Waals surface area contributed by atoms with E-state index in [0.29, 0.717) is 5.75 Å². The molecule has 3 aromatic rings. The van der Waals surface area contributed by atoms with Gasteiger partial charge in [0.2, 0.25) is 5.91 Å². The second kappa shape index (κ2) is 9.05. The molecule has 2 heterocycles.